The van der Waals surface area contributed by atoms with Gasteiger partial charge in [0.1, 0.15) is 5.60 Å². The summed E-state index contributed by atoms with van der Waals surface area (Å²) in [5.74, 6) is 0. The molecule has 6 heteroatoms. The van der Waals surface area contributed by atoms with E-state index in [2.05, 4.69) is 10.6 Å². The number of anilines is 1. The second-order valence-electron chi connectivity index (χ2n) is 6.61. The van der Waals surface area contributed by atoms with E-state index in [9.17, 15) is 4.79 Å². The molecular formula is C16H23ClN2O3. The molecule has 5 nitrogen and oxygen atoms in total. The quantitative estimate of drug-likeness (QED) is 0.892. The molecule has 0 unspecified atom stereocenters. The molecule has 1 amide bonds. The van der Waals surface area contributed by atoms with Crippen LogP contribution in [0.4, 0.5) is 10.5 Å². The number of halogens is 1. The number of nitrogens with one attached hydrogen (secondary N) is 2. The third kappa shape index (κ3) is 4.35. The summed E-state index contributed by atoms with van der Waals surface area (Å²) in [7, 11) is 1.72. The Morgan fingerprint density at radius 3 is 2.55 bits per heavy atom. The molecule has 1 aliphatic rings. The third-order valence-corrected chi connectivity index (χ3v) is 3.84. The summed E-state index contributed by atoms with van der Waals surface area (Å²) in [5.41, 5.74) is 0.920. The van der Waals surface area contributed by atoms with Crippen molar-refractivity contribution in [3.8, 4) is 0 Å². The Balaban J connectivity index is 2.02. The molecule has 0 aliphatic carbocycles. The van der Waals surface area contributed by atoms with E-state index in [0.717, 1.165) is 25.1 Å². The van der Waals surface area contributed by atoms with Gasteiger partial charge in [-0.3, -0.25) is 5.32 Å². The van der Waals surface area contributed by atoms with Crippen LogP contribution in [-0.4, -0.2) is 37.5 Å². The van der Waals surface area contributed by atoms with Gasteiger partial charge in [-0.2, -0.15) is 0 Å². The maximum atomic E-state index is 11.8. The highest BCUT2D eigenvalue weighted by Crippen LogP contribution is 2.28. The maximum absolute atomic E-state index is 11.8. The molecule has 1 aliphatic heterocycles. The van der Waals surface area contributed by atoms with Crippen LogP contribution in [-0.2, 0) is 15.9 Å². The van der Waals surface area contributed by atoms with Crippen molar-refractivity contribution in [2.24, 2.45) is 0 Å². The summed E-state index contributed by atoms with van der Waals surface area (Å²) in [4.78, 5) is 11.8. The molecule has 0 spiro atoms. The lowest BCUT2D eigenvalue weighted by molar-refractivity contribution is -0.0502. The first-order valence-corrected chi connectivity index (χ1v) is 7.65. The molecule has 122 valence electrons. The fourth-order valence-corrected chi connectivity index (χ4v) is 2.55. The van der Waals surface area contributed by atoms with E-state index in [-0.39, 0.29) is 5.60 Å². The Hall–Kier alpha value is -1.30. The SMILES string of the molecule is COC1(Cc2ccc(NC(=O)OC(C)(C)C)c(Cl)c2)CNC1. The lowest BCUT2D eigenvalue weighted by Gasteiger charge is -2.41. The summed E-state index contributed by atoms with van der Waals surface area (Å²) < 4.78 is 10.8. The molecule has 2 N–H and O–H groups in total. The van der Waals surface area contributed by atoms with E-state index < -0.39 is 11.7 Å². The molecular weight excluding hydrogens is 304 g/mol. The summed E-state index contributed by atoms with van der Waals surface area (Å²) in [5, 5.41) is 6.37. The standard InChI is InChI=1S/C16H23ClN2O3/c1-15(2,3)22-14(20)19-13-6-5-11(7-12(13)17)8-16(21-4)9-18-10-16/h5-7,18H,8-10H2,1-4H3,(H,19,20). The summed E-state index contributed by atoms with van der Waals surface area (Å²) in [6.07, 6.45) is 0.266. The monoisotopic (exact) mass is 326 g/mol. The highest BCUT2D eigenvalue weighted by Gasteiger charge is 2.37. The van der Waals surface area contributed by atoms with E-state index in [1.165, 1.54) is 0 Å². The van der Waals surface area contributed by atoms with E-state index in [4.69, 9.17) is 21.1 Å². The average Bonchev–Trinajstić information content (AvgIpc) is 2.35. The van der Waals surface area contributed by atoms with Crippen molar-refractivity contribution in [1.29, 1.82) is 0 Å². The minimum absolute atomic E-state index is 0.149. The molecule has 1 heterocycles. The molecule has 1 fully saturated rings. The minimum atomic E-state index is -0.543. The van der Waals surface area contributed by atoms with Gasteiger partial charge in [0.2, 0.25) is 0 Å². The fraction of sp³-hybridized carbons (Fsp3) is 0.562. The topological polar surface area (TPSA) is 59.6 Å². The zero-order valence-corrected chi connectivity index (χ0v) is 14.2. The number of methoxy groups -OCH3 is 1. The number of benzene rings is 1. The zero-order valence-electron chi connectivity index (χ0n) is 13.5. The largest absolute Gasteiger partial charge is 0.444 e. The van der Waals surface area contributed by atoms with Gasteiger partial charge in [-0.15, -0.1) is 0 Å². The molecule has 1 aromatic rings. The molecule has 0 radical (unpaired) electrons. The number of hydrogen-bond donors (Lipinski definition) is 2. The highest BCUT2D eigenvalue weighted by molar-refractivity contribution is 6.33. The van der Waals surface area contributed by atoms with Crippen LogP contribution in [0.5, 0.6) is 0 Å². The molecule has 0 aromatic heterocycles. The van der Waals surface area contributed by atoms with Crippen molar-refractivity contribution in [3.63, 3.8) is 0 Å². The number of carbonyl (C=O) groups excluding carboxylic acids is 1. The van der Waals surface area contributed by atoms with Crippen molar-refractivity contribution >= 4 is 23.4 Å². The lowest BCUT2D eigenvalue weighted by Crippen LogP contribution is -2.61. The van der Waals surface area contributed by atoms with Crippen molar-refractivity contribution in [2.45, 2.75) is 38.4 Å². The Morgan fingerprint density at radius 1 is 1.41 bits per heavy atom. The number of carbonyl (C=O) groups is 1. The van der Waals surface area contributed by atoms with Gasteiger partial charge in [0.05, 0.1) is 16.3 Å². The lowest BCUT2D eigenvalue weighted by atomic mass is 9.89. The predicted octanol–water partition coefficient (Wildman–Crippen LogP) is 3.22. The van der Waals surface area contributed by atoms with Crippen molar-refractivity contribution in [1.82, 2.24) is 5.32 Å². The Kier molecular flexibility index (Phi) is 5.00. The molecule has 0 saturated carbocycles. The van der Waals surface area contributed by atoms with Crippen LogP contribution in [0.2, 0.25) is 5.02 Å². The van der Waals surface area contributed by atoms with Crippen LogP contribution in [0, 0.1) is 0 Å². The van der Waals surface area contributed by atoms with Gasteiger partial charge >= 0.3 is 6.09 Å². The van der Waals surface area contributed by atoms with Crippen LogP contribution in [0.15, 0.2) is 18.2 Å². The van der Waals surface area contributed by atoms with Gasteiger partial charge < -0.3 is 14.8 Å². The second-order valence-corrected chi connectivity index (χ2v) is 7.02. The number of hydrogen-bond acceptors (Lipinski definition) is 4. The van der Waals surface area contributed by atoms with Gasteiger partial charge in [-0.25, -0.2) is 4.79 Å². The molecule has 0 bridgehead atoms. The molecule has 22 heavy (non-hydrogen) atoms. The highest BCUT2D eigenvalue weighted by atomic mass is 35.5. The van der Waals surface area contributed by atoms with E-state index >= 15 is 0 Å². The van der Waals surface area contributed by atoms with Crippen molar-refractivity contribution in [2.75, 3.05) is 25.5 Å². The zero-order chi connectivity index (χ0) is 16.4. The van der Waals surface area contributed by atoms with Crippen LogP contribution < -0.4 is 10.6 Å². The first-order chi connectivity index (χ1) is 10.2. The van der Waals surface area contributed by atoms with Crippen molar-refractivity contribution < 1.29 is 14.3 Å². The Labute approximate surface area is 136 Å². The normalized spacial score (nSPS) is 16.8. The van der Waals surface area contributed by atoms with E-state index in [1.54, 1.807) is 13.2 Å². The summed E-state index contributed by atoms with van der Waals surface area (Å²) in [6, 6.07) is 5.59. The maximum Gasteiger partial charge on any atom is 0.412 e. The predicted molar refractivity (Wildman–Crippen MR) is 87.6 cm³/mol. The van der Waals surface area contributed by atoms with Crippen LogP contribution in [0.1, 0.15) is 26.3 Å². The molecule has 1 saturated heterocycles. The van der Waals surface area contributed by atoms with E-state index in [1.807, 2.05) is 32.9 Å². The molecule has 2 rings (SSSR count). The van der Waals surface area contributed by atoms with Gasteiger partial charge in [0.15, 0.2) is 0 Å². The molecule has 0 atom stereocenters. The number of ether oxygens (including phenoxy) is 2. The number of amides is 1. The first kappa shape index (κ1) is 17.1. The van der Waals surface area contributed by atoms with Crippen LogP contribution >= 0.6 is 11.6 Å². The Bertz CT molecular complexity index is 545. The smallest absolute Gasteiger partial charge is 0.412 e. The van der Waals surface area contributed by atoms with Crippen LogP contribution in [0.25, 0.3) is 0 Å². The summed E-state index contributed by atoms with van der Waals surface area (Å²) >= 11 is 6.25. The van der Waals surface area contributed by atoms with E-state index in [0.29, 0.717) is 10.7 Å². The van der Waals surface area contributed by atoms with Gasteiger partial charge in [-0.05, 0) is 38.5 Å². The first-order valence-electron chi connectivity index (χ1n) is 7.27. The van der Waals surface area contributed by atoms with Gasteiger partial charge in [-0.1, -0.05) is 17.7 Å². The number of rotatable bonds is 4. The summed E-state index contributed by atoms with van der Waals surface area (Å²) in [6.45, 7) is 7.11. The van der Waals surface area contributed by atoms with Gasteiger partial charge in [0, 0.05) is 26.6 Å². The fourth-order valence-electron chi connectivity index (χ4n) is 2.30. The Morgan fingerprint density at radius 2 is 2.09 bits per heavy atom. The average molecular weight is 327 g/mol. The molecule has 1 aromatic carbocycles. The van der Waals surface area contributed by atoms with Gasteiger partial charge in [0.25, 0.3) is 0 Å². The van der Waals surface area contributed by atoms with Crippen LogP contribution in [0.3, 0.4) is 0 Å². The second kappa shape index (κ2) is 6.44. The third-order valence-electron chi connectivity index (χ3n) is 3.52. The minimum Gasteiger partial charge on any atom is -0.444 e. The van der Waals surface area contributed by atoms with Crippen molar-refractivity contribution in [3.05, 3.63) is 28.8 Å².